The summed E-state index contributed by atoms with van der Waals surface area (Å²) in [4.78, 5) is 24.8. The molecule has 1 N–H and O–H groups in total. The van der Waals surface area contributed by atoms with E-state index in [1.165, 1.54) is 0 Å². The maximum absolute atomic E-state index is 12.7. The van der Waals surface area contributed by atoms with Crippen molar-refractivity contribution in [1.29, 1.82) is 0 Å². The van der Waals surface area contributed by atoms with Gasteiger partial charge >= 0.3 is 5.97 Å². The molecule has 30 heavy (non-hydrogen) atoms. The molecule has 154 valence electrons. The fourth-order valence-electron chi connectivity index (χ4n) is 2.90. The number of benzene rings is 3. The molecule has 3 aromatic carbocycles. The standard InChI is InChI=1S/C24H22ClNO4/c1-3-29-24(28)20-11-7-13-22(16(20)2)26-23(27)17-9-6-10-19(14-17)30-15-18-8-4-5-12-21(18)25/h4-14H,3,15H2,1-2H3,(H,26,27). The molecule has 0 aliphatic rings. The molecule has 0 bridgehead atoms. The van der Waals surface area contributed by atoms with E-state index in [9.17, 15) is 9.59 Å². The molecule has 0 spiro atoms. The van der Waals surface area contributed by atoms with Crippen LogP contribution in [0, 0.1) is 6.92 Å². The van der Waals surface area contributed by atoms with Crippen LogP contribution in [0.15, 0.2) is 66.7 Å². The van der Waals surface area contributed by atoms with Crippen LogP contribution >= 0.6 is 11.6 Å². The highest BCUT2D eigenvalue weighted by atomic mass is 35.5. The van der Waals surface area contributed by atoms with Gasteiger partial charge in [-0.15, -0.1) is 0 Å². The third-order valence-electron chi connectivity index (χ3n) is 4.53. The summed E-state index contributed by atoms with van der Waals surface area (Å²) in [5, 5.41) is 3.48. The summed E-state index contributed by atoms with van der Waals surface area (Å²) in [6.45, 7) is 4.10. The first-order chi connectivity index (χ1) is 14.5. The lowest BCUT2D eigenvalue weighted by Crippen LogP contribution is -2.15. The molecule has 0 saturated carbocycles. The van der Waals surface area contributed by atoms with Crippen LogP contribution < -0.4 is 10.1 Å². The highest BCUT2D eigenvalue weighted by Gasteiger charge is 2.15. The minimum Gasteiger partial charge on any atom is -0.489 e. The molecule has 0 aromatic heterocycles. The van der Waals surface area contributed by atoms with Gasteiger partial charge in [-0.1, -0.05) is 41.9 Å². The lowest BCUT2D eigenvalue weighted by atomic mass is 10.1. The van der Waals surface area contributed by atoms with Crippen molar-refractivity contribution in [2.24, 2.45) is 0 Å². The Hall–Kier alpha value is -3.31. The second kappa shape index (κ2) is 9.94. The average Bonchev–Trinajstić information content (AvgIpc) is 2.75. The summed E-state index contributed by atoms with van der Waals surface area (Å²) in [6.07, 6.45) is 0. The lowest BCUT2D eigenvalue weighted by molar-refractivity contribution is 0.0525. The predicted molar refractivity (Wildman–Crippen MR) is 117 cm³/mol. The number of esters is 1. The SMILES string of the molecule is CCOC(=O)c1cccc(NC(=O)c2cccc(OCc3ccccc3Cl)c2)c1C. The molecule has 0 aliphatic carbocycles. The van der Waals surface area contributed by atoms with Crippen LogP contribution in [-0.2, 0) is 11.3 Å². The van der Waals surface area contributed by atoms with Crippen LogP contribution in [0.2, 0.25) is 5.02 Å². The van der Waals surface area contributed by atoms with Gasteiger partial charge in [0.1, 0.15) is 12.4 Å². The van der Waals surface area contributed by atoms with E-state index >= 15 is 0 Å². The zero-order valence-corrected chi connectivity index (χ0v) is 17.5. The molecule has 0 aliphatic heterocycles. The van der Waals surface area contributed by atoms with Crippen molar-refractivity contribution in [1.82, 2.24) is 0 Å². The van der Waals surface area contributed by atoms with Gasteiger partial charge in [-0.2, -0.15) is 0 Å². The van der Waals surface area contributed by atoms with Gasteiger partial charge in [0.15, 0.2) is 0 Å². The van der Waals surface area contributed by atoms with Crippen molar-refractivity contribution >= 4 is 29.2 Å². The van der Waals surface area contributed by atoms with Crippen molar-refractivity contribution in [2.75, 3.05) is 11.9 Å². The largest absolute Gasteiger partial charge is 0.489 e. The van der Waals surface area contributed by atoms with Gasteiger partial charge in [0.2, 0.25) is 0 Å². The molecule has 0 saturated heterocycles. The molecule has 1 amide bonds. The molecular formula is C24H22ClNO4. The van der Waals surface area contributed by atoms with Crippen LogP contribution in [0.3, 0.4) is 0 Å². The number of carbonyl (C=O) groups is 2. The number of amides is 1. The topological polar surface area (TPSA) is 64.6 Å². The van der Waals surface area contributed by atoms with E-state index < -0.39 is 5.97 Å². The smallest absolute Gasteiger partial charge is 0.338 e. The normalized spacial score (nSPS) is 10.4. The Kier molecular flexibility index (Phi) is 7.09. The van der Waals surface area contributed by atoms with E-state index in [1.807, 2.05) is 18.2 Å². The molecule has 0 unspecified atom stereocenters. The van der Waals surface area contributed by atoms with Gasteiger partial charge in [-0.3, -0.25) is 4.79 Å². The van der Waals surface area contributed by atoms with Gasteiger partial charge in [0.05, 0.1) is 12.2 Å². The Morgan fingerprint density at radius 2 is 1.77 bits per heavy atom. The highest BCUT2D eigenvalue weighted by Crippen LogP contribution is 2.23. The first-order valence-corrected chi connectivity index (χ1v) is 9.91. The first kappa shape index (κ1) is 21.4. The molecule has 3 aromatic rings. The minimum atomic E-state index is -0.416. The third-order valence-corrected chi connectivity index (χ3v) is 4.89. The Labute approximate surface area is 180 Å². The van der Waals surface area contributed by atoms with Crippen molar-refractivity contribution in [3.05, 3.63) is 94.0 Å². The maximum Gasteiger partial charge on any atom is 0.338 e. The Bertz CT molecular complexity index is 1060. The van der Waals surface area contributed by atoms with Gasteiger partial charge < -0.3 is 14.8 Å². The van der Waals surface area contributed by atoms with E-state index in [1.54, 1.807) is 62.4 Å². The monoisotopic (exact) mass is 423 g/mol. The van der Waals surface area contributed by atoms with E-state index in [0.29, 0.717) is 39.8 Å². The second-order valence-corrected chi connectivity index (χ2v) is 6.97. The number of anilines is 1. The van der Waals surface area contributed by atoms with Crippen molar-refractivity contribution in [3.8, 4) is 5.75 Å². The van der Waals surface area contributed by atoms with Crippen LogP contribution in [0.4, 0.5) is 5.69 Å². The van der Waals surface area contributed by atoms with E-state index in [4.69, 9.17) is 21.1 Å². The van der Waals surface area contributed by atoms with Crippen LogP contribution in [0.25, 0.3) is 0 Å². The van der Waals surface area contributed by atoms with Crippen LogP contribution in [-0.4, -0.2) is 18.5 Å². The Morgan fingerprint density at radius 3 is 2.53 bits per heavy atom. The number of rotatable bonds is 7. The molecular weight excluding hydrogens is 402 g/mol. The van der Waals surface area contributed by atoms with Crippen LogP contribution in [0.5, 0.6) is 5.75 Å². The number of ether oxygens (including phenoxy) is 2. The number of nitrogens with one attached hydrogen (secondary N) is 1. The molecule has 0 heterocycles. The third kappa shape index (κ3) is 5.19. The summed E-state index contributed by atoms with van der Waals surface area (Å²) in [6, 6.07) is 19.4. The van der Waals surface area contributed by atoms with Gasteiger partial charge in [-0.25, -0.2) is 4.79 Å². The summed E-state index contributed by atoms with van der Waals surface area (Å²) < 4.78 is 10.9. The molecule has 0 fully saturated rings. The lowest BCUT2D eigenvalue weighted by Gasteiger charge is -2.13. The van der Waals surface area contributed by atoms with Gasteiger partial charge in [0, 0.05) is 21.8 Å². The fourth-order valence-corrected chi connectivity index (χ4v) is 3.09. The Balaban J connectivity index is 1.72. The average molecular weight is 424 g/mol. The number of hydrogen-bond donors (Lipinski definition) is 1. The summed E-state index contributed by atoms with van der Waals surface area (Å²) in [5.41, 5.74) is 2.92. The van der Waals surface area contributed by atoms with Crippen LogP contribution in [0.1, 0.15) is 38.8 Å². The van der Waals surface area contributed by atoms with Gasteiger partial charge in [-0.05, 0) is 55.8 Å². The van der Waals surface area contributed by atoms with Crippen molar-refractivity contribution in [3.63, 3.8) is 0 Å². The maximum atomic E-state index is 12.7. The summed E-state index contributed by atoms with van der Waals surface area (Å²) >= 11 is 6.15. The summed E-state index contributed by atoms with van der Waals surface area (Å²) in [7, 11) is 0. The molecule has 0 radical (unpaired) electrons. The molecule has 6 heteroatoms. The predicted octanol–water partition coefficient (Wildman–Crippen LogP) is 5.66. The van der Waals surface area contributed by atoms with Crippen molar-refractivity contribution < 1.29 is 19.1 Å². The second-order valence-electron chi connectivity index (χ2n) is 6.56. The quantitative estimate of drug-likeness (QED) is 0.498. The fraction of sp³-hybridized carbons (Fsp3) is 0.167. The van der Waals surface area contributed by atoms with E-state index in [2.05, 4.69) is 5.32 Å². The zero-order valence-electron chi connectivity index (χ0n) is 16.8. The highest BCUT2D eigenvalue weighted by molar-refractivity contribution is 6.31. The first-order valence-electron chi connectivity index (χ1n) is 9.54. The number of hydrogen-bond acceptors (Lipinski definition) is 4. The Morgan fingerprint density at radius 1 is 1.00 bits per heavy atom. The molecule has 5 nitrogen and oxygen atoms in total. The van der Waals surface area contributed by atoms with E-state index in [-0.39, 0.29) is 12.5 Å². The van der Waals surface area contributed by atoms with E-state index in [0.717, 1.165) is 5.56 Å². The number of carbonyl (C=O) groups excluding carboxylic acids is 2. The summed E-state index contributed by atoms with van der Waals surface area (Å²) in [5.74, 6) is -0.164. The number of halogens is 1. The van der Waals surface area contributed by atoms with Gasteiger partial charge in [0.25, 0.3) is 5.91 Å². The minimum absolute atomic E-state index is 0.288. The zero-order chi connectivity index (χ0) is 21.5. The van der Waals surface area contributed by atoms with Crippen molar-refractivity contribution in [2.45, 2.75) is 20.5 Å². The molecule has 0 atom stereocenters. The molecule has 3 rings (SSSR count).